The van der Waals surface area contributed by atoms with E-state index in [1.54, 1.807) is 6.07 Å². The van der Waals surface area contributed by atoms with Crippen LogP contribution in [0.5, 0.6) is 0 Å². The zero-order valence-corrected chi connectivity index (χ0v) is 6.63. The quantitative estimate of drug-likeness (QED) is 0.640. The Morgan fingerprint density at radius 3 is 2.73 bits per heavy atom. The second-order valence-electron chi connectivity index (χ2n) is 3.23. The molecule has 1 heterocycles. The lowest BCUT2D eigenvalue weighted by Gasteiger charge is -2.25. The molecule has 1 fully saturated rings. The number of aromatic amines is 1. The Balaban J connectivity index is 2.35. The highest BCUT2D eigenvalue weighted by atomic mass is 16.1. The summed E-state index contributed by atoms with van der Waals surface area (Å²) >= 11 is 0. The van der Waals surface area contributed by atoms with E-state index in [2.05, 4.69) is 5.10 Å². The summed E-state index contributed by atoms with van der Waals surface area (Å²) in [7, 11) is 1.90. The largest absolute Gasteiger partial charge is 0.292 e. The molecule has 60 valence electrons. The molecule has 0 aliphatic heterocycles. The maximum absolute atomic E-state index is 10.9. The number of nitrogens with one attached hydrogen (secondary N) is 1. The van der Waals surface area contributed by atoms with Crippen molar-refractivity contribution in [3.8, 4) is 0 Å². The van der Waals surface area contributed by atoms with Crippen molar-refractivity contribution < 1.29 is 0 Å². The SMILES string of the molecule is Cn1[nH]c(=O)cc1C1CCC1. The smallest absolute Gasteiger partial charge is 0.264 e. The van der Waals surface area contributed by atoms with Crippen molar-refractivity contribution in [3.05, 3.63) is 22.1 Å². The average molecular weight is 152 g/mol. The minimum atomic E-state index is 0.0226. The van der Waals surface area contributed by atoms with E-state index in [0.717, 1.165) is 0 Å². The van der Waals surface area contributed by atoms with Gasteiger partial charge in [0.15, 0.2) is 0 Å². The van der Waals surface area contributed by atoms with Crippen molar-refractivity contribution >= 4 is 0 Å². The molecule has 1 N–H and O–H groups in total. The second kappa shape index (κ2) is 2.26. The first-order valence-electron chi connectivity index (χ1n) is 4.03. The van der Waals surface area contributed by atoms with Gasteiger partial charge in [0.1, 0.15) is 0 Å². The number of aromatic nitrogens is 2. The van der Waals surface area contributed by atoms with Crippen LogP contribution in [0, 0.1) is 0 Å². The van der Waals surface area contributed by atoms with E-state index in [9.17, 15) is 4.79 Å². The number of H-pyrrole nitrogens is 1. The molecule has 3 nitrogen and oxygen atoms in total. The van der Waals surface area contributed by atoms with Gasteiger partial charge < -0.3 is 0 Å². The van der Waals surface area contributed by atoms with Gasteiger partial charge in [-0.2, -0.15) is 0 Å². The number of aryl methyl sites for hydroxylation is 1. The predicted octanol–water partition coefficient (Wildman–Crippen LogP) is 0.981. The second-order valence-corrected chi connectivity index (χ2v) is 3.23. The van der Waals surface area contributed by atoms with Crippen LogP contribution in [0.3, 0.4) is 0 Å². The minimum absolute atomic E-state index is 0.0226. The third-order valence-electron chi connectivity index (χ3n) is 2.47. The van der Waals surface area contributed by atoms with Gasteiger partial charge in [-0.05, 0) is 12.8 Å². The summed E-state index contributed by atoms with van der Waals surface area (Å²) in [5.41, 5.74) is 1.19. The van der Waals surface area contributed by atoms with E-state index >= 15 is 0 Å². The van der Waals surface area contributed by atoms with E-state index in [1.165, 1.54) is 25.0 Å². The van der Waals surface area contributed by atoms with Crippen LogP contribution in [0.4, 0.5) is 0 Å². The van der Waals surface area contributed by atoms with Crippen LogP contribution in [0.25, 0.3) is 0 Å². The van der Waals surface area contributed by atoms with Crippen molar-refractivity contribution in [2.24, 2.45) is 7.05 Å². The van der Waals surface area contributed by atoms with Gasteiger partial charge in [0.25, 0.3) is 5.56 Å². The fourth-order valence-electron chi connectivity index (χ4n) is 1.59. The van der Waals surface area contributed by atoms with E-state index in [1.807, 2.05) is 11.7 Å². The lowest BCUT2D eigenvalue weighted by molar-refractivity contribution is 0.397. The zero-order chi connectivity index (χ0) is 7.84. The van der Waals surface area contributed by atoms with Crippen LogP contribution in [-0.4, -0.2) is 9.78 Å². The summed E-state index contributed by atoms with van der Waals surface area (Å²) in [6, 6.07) is 1.71. The van der Waals surface area contributed by atoms with Crippen LogP contribution in [0.15, 0.2) is 10.9 Å². The fourth-order valence-corrected chi connectivity index (χ4v) is 1.59. The standard InChI is InChI=1S/C8H12N2O/c1-10-7(5-8(11)9-10)6-3-2-4-6/h5-6H,2-4H2,1H3,(H,9,11). The summed E-state index contributed by atoms with van der Waals surface area (Å²) in [5, 5.41) is 2.72. The normalized spacial score (nSPS) is 18.3. The highest BCUT2D eigenvalue weighted by Gasteiger charge is 2.22. The summed E-state index contributed by atoms with van der Waals surface area (Å²) in [6.45, 7) is 0. The van der Waals surface area contributed by atoms with Crippen LogP contribution >= 0.6 is 0 Å². The molecule has 0 bridgehead atoms. The molecule has 0 amide bonds. The minimum Gasteiger partial charge on any atom is -0.292 e. The number of rotatable bonds is 1. The van der Waals surface area contributed by atoms with Crippen LogP contribution in [0.2, 0.25) is 0 Å². The first kappa shape index (κ1) is 6.70. The Kier molecular flexibility index (Phi) is 1.37. The van der Waals surface area contributed by atoms with Gasteiger partial charge in [0.05, 0.1) is 0 Å². The van der Waals surface area contributed by atoms with E-state index in [4.69, 9.17) is 0 Å². The molecule has 1 saturated carbocycles. The van der Waals surface area contributed by atoms with Gasteiger partial charge in [-0.25, -0.2) is 0 Å². The average Bonchev–Trinajstić information content (AvgIpc) is 2.07. The zero-order valence-electron chi connectivity index (χ0n) is 6.63. The molecular weight excluding hydrogens is 140 g/mol. The Labute approximate surface area is 65.0 Å². The molecule has 0 saturated heterocycles. The summed E-state index contributed by atoms with van der Waals surface area (Å²) < 4.78 is 1.84. The molecule has 1 aromatic rings. The van der Waals surface area contributed by atoms with E-state index < -0.39 is 0 Å². The molecule has 0 aromatic carbocycles. The lowest BCUT2D eigenvalue weighted by atomic mass is 9.83. The molecule has 2 rings (SSSR count). The highest BCUT2D eigenvalue weighted by Crippen LogP contribution is 2.35. The van der Waals surface area contributed by atoms with Crippen LogP contribution < -0.4 is 5.56 Å². The van der Waals surface area contributed by atoms with Gasteiger partial charge in [0.2, 0.25) is 0 Å². The molecule has 1 aromatic heterocycles. The maximum Gasteiger partial charge on any atom is 0.264 e. The number of hydrogen-bond donors (Lipinski definition) is 1. The third-order valence-corrected chi connectivity index (χ3v) is 2.47. The molecule has 11 heavy (non-hydrogen) atoms. The highest BCUT2D eigenvalue weighted by molar-refractivity contribution is 5.10. The predicted molar refractivity (Wildman–Crippen MR) is 42.6 cm³/mol. The Morgan fingerprint density at radius 2 is 2.36 bits per heavy atom. The van der Waals surface area contributed by atoms with Gasteiger partial charge in [-0.15, -0.1) is 0 Å². The van der Waals surface area contributed by atoms with Crippen molar-refractivity contribution in [1.29, 1.82) is 0 Å². The molecule has 0 spiro atoms. The van der Waals surface area contributed by atoms with E-state index in [-0.39, 0.29) is 5.56 Å². The Morgan fingerprint density at radius 1 is 1.64 bits per heavy atom. The van der Waals surface area contributed by atoms with Crippen molar-refractivity contribution in [1.82, 2.24) is 9.78 Å². The molecule has 3 heteroatoms. The summed E-state index contributed by atoms with van der Waals surface area (Å²) in [5.74, 6) is 0.638. The van der Waals surface area contributed by atoms with E-state index in [0.29, 0.717) is 5.92 Å². The topological polar surface area (TPSA) is 37.8 Å². The molecule has 0 radical (unpaired) electrons. The van der Waals surface area contributed by atoms with Crippen molar-refractivity contribution in [3.63, 3.8) is 0 Å². The lowest BCUT2D eigenvalue weighted by Crippen LogP contribution is -2.12. The molecule has 1 aliphatic rings. The number of nitrogens with zero attached hydrogens (tertiary/aromatic N) is 1. The van der Waals surface area contributed by atoms with Gasteiger partial charge in [-0.3, -0.25) is 14.6 Å². The van der Waals surface area contributed by atoms with Gasteiger partial charge in [-0.1, -0.05) is 6.42 Å². The molecular formula is C8H12N2O. The van der Waals surface area contributed by atoms with Crippen molar-refractivity contribution in [2.45, 2.75) is 25.2 Å². The van der Waals surface area contributed by atoms with Crippen LogP contribution in [0.1, 0.15) is 30.9 Å². The first-order chi connectivity index (χ1) is 5.27. The first-order valence-corrected chi connectivity index (χ1v) is 4.03. The Bertz CT molecular complexity index is 306. The maximum atomic E-state index is 10.9. The third kappa shape index (κ3) is 1.00. The number of hydrogen-bond acceptors (Lipinski definition) is 1. The van der Waals surface area contributed by atoms with Gasteiger partial charge >= 0.3 is 0 Å². The van der Waals surface area contributed by atoms with Crippen LogP contribution in [-0.2, 0) is 7.05 Å². The van der Waals surface area contributed by atoms with Gasteiger partial charge in [0, 0.05) is 24.7 Å². The fraction of sp³-hybridized carbons (Fsp3) is 0.625. The summed E-state index contributed by atoms with van der Waals surface area (Å²) in [6.07, 6.45) is 3.79. The molecule has 1 aliphatic carbocycles. The summed E-state index contributed by atoms with van der Waals surface area (Å²) in [4.78, 5) is 10.9. The monoisotopic (exact) mass is 152 g/mol. The van der Waals surface area contributed by atoms with Crippen molar-refractivity contribution in [2.75, 3.05) is 0 Å². The molecule has 0 unspecified atom stereocenters. The Hall–Kier alpha value is -0.990. The molecule has 0 atom stereocenters.